The number of nitrogens with one attached hydrogen (secondary N) is 1. The molecule has 6 nitrogen and oxygen atoms in total. The van der Waals surface area contributed by atoms with Crippen LogP contribution >= 0.6 is 15.9 Å². The zero-order valence-corrected chi connectivity index (χ0v) is 7.37. The summed E-state index contributed by atoms with van der Waals surface area (Å²) in [7, 11) is 0. The maximum atomic E-state index is 11.2. The minimum atomic E-state index is -0.633. The Bertz CT molecular complexity index is 344. The van der Waals surface area contributed by atoms with Crippen LogP contribution in [0.5, 0.6) is 0 Å². The zero-order valence-electron chi connectivity index (χ0n) is 5.78. The van der Waals surface area contributed by atoms with Gasteiger partial charge in [0.05, 0.1) is 0 Å². The van der Waals surface area contributed by atoms with Crippen molar-refractivity contribution in [3.8, 4) is 0 Å². The van der Waals surface area contributed by atoms with E-state index in [1.807, 2.05) is 0 Å². The first kappa shape index (κ1) is 7.41. The summed E-state index contributed by atoms with van der Waals surface area (Å²) >= 11 is 3.05. The van der Waals surface area contributed by atoms with Crippen molar-refractivity contribution in [1.82, 2.24) is 5.32 Å². The fraction of sp³-hybridized carbons (Fsp3) is 0.200. The Hall–Kier alpha value is -1.24. The van der Waals surface area contributed by atoms with Gasteiger partial charge in [0.15, 0.2) is 16.6 Å². The Morgan fingerprint density at radius 3 is 3.00 bits per heavy atom. The number of fused-ring (bicyclic) bond motifs is 1. The highest BCUT2D eigenvalue weighted by Gasteiger charge is 2.32. The molecule has 0 aliphatic carbocycles. The molecule has 0 fully saturated rings. The van der Waals surface area contributed by atoms with E-state index in [0.717, 1.165) is 0 Å². The summed E-state index contributed by atoms with van der Waals surface area (Å²) in [5, 5.41) is 2.35. The van der Waals surface area contributed by atoms with Gasteiger partial charge in [0.25, 0.3) is 5.91 Å². The molecule has 0 bridgehead atoms. The normalized spacial score (nSPS) is 26.9. The first-order chi connectivity index (χ1) is 5.66. The number of hydrogen-bond acceptors (Lipinski definition) is 5. The maximum absolute atomic E-state index is 11.2. The summed E-state index contributed by atoms with van der Waals surface area (Å²) in [6.45, 7) is 0. The van der Waals surface area contributed by atoms with Crippen molar-refractivity contribution in [3.63, 3.8) is 0 Å². The van der Waals surface area contributed by atoms with Crippen LogP contribution in [0.4, 0.5) is 0 Å². The SMILES string of the molecule is NC1=NC2=NC(Br)=NC2C(=O)N1. The molecule has 0 aromatic carbocycles. The molecule has 0 aromatic rings. The summed E-state index contributed by atoms with van der Waals surface area (Å²) in [6.07, 6.45) is 0. The van der Waals surface area contributed by atoms with Gasteiger partial charge in [-0.1, -0.05) is 0 Å². The molecule has 0 aromatic heterocycles. The third-order valence-corrected chi connectivity index (χ3v) is 1.80. The number of nitrogens with zero attached hydrogens (tertiary/aromatic N) is 3. The zero-order chi connectivity index (χ0) is 8.72. The third-order valence-electron chi connectivity index (χ3n) is 1.42. The highest BCUT2D eigenvalue weighted by molar-refractivity contribution is 9.18. The molecule has 3 N–H and O–H groups in total. The van der Waals surface area contributed by atoms with Gasteiger partial charge < -0.3 is 5.73 Å². The standard InChI is InChI=1S/C5H4BrN5O/c6-4-8-1-2(9-4)10-5(7)11-3(1)12/h1H,(H3,7,8,9,10,11,12). The lowest BCUT2D eigenvalue weighted by molar-refractivity contribution is -0.119. The molecule has 0 saturated heterocycles. The first-order valence-corrected chi connectivity index (χ1v) is 3.93. The van der Waals surface area contributed by atoms with E-state index in [0.29, 0.717) is 10.6 Å². The Labute approximate surface area is 75.8 Å². The van der Waals surface area contributed by atoms with Gasteiger partial charge in [0.2, 0.25) is 5.96 Å². The van der Waals surface area contributed by atoms with Crippen molar-refractivity contribution in [2.24, 2.45) is 20.7 Å². The summed E-state index contributed by atoms with van der Waals surface area (Å²) < 4.78 is 0.371. The van der Waals surface area contributed by atoms with Crippen LogP contribution in [0.1, 0.15) is 0 Å². The number of guanidine groups is 1. The number of halogens is 1. The molecule has 2 rings (SSSR count). The number of rotatable bonds is 0. The number of amides is 1. The van der Waals surface area contributed by atoms with E-state index in [2.05, 4.69) is 36.2 Å². The van der Waals surface area contributed by atoms with E-state index in [1.165, 1.54) is 0 Å². The molecule has 0 spiro atoms. The quantitative estimate of drug-likeness (QED) is 0.520. The van der Waals surface area contributed by atoms with E-state index in [9.17, 15) is 4.79 Å². The average Bonchev–Trinajstić information content (AvgIpc) is 2.29. The van der Waals surface area contributed by atoms with E-state index < -0.39 is 6.04 Å². The largest absolute Gasteiger partial charge is 0.369 e. The first-order valence-electron chi connectivity index (χ1n) is 3.14. The van der Waals surface area contributed by atoms with Crippen LogP contribution < -0.4 is 11.1 Å². The van der Waals surface area contributed by atoms with E-state index >= 15 is 0 Å². The lowest BCUT2D eigenvalue weighted by Crippen LogP contribution is -2.49. The van der Waals surface area contributed by atoms with Gasteiger partial charge in [-0.05, 0) is 15.9 Å². The minimum absolute atomic E-state index is 0.0624. The molecule has 2 aliphatic heterocycles. The van der Waals surface area contributed by atoms with Gasteiger partial charge in [-0.2, -0.15) is 4.99 Å². The van der Waals surface area contributed by atoms with Crippen LogP contribution in [-0.4, -0.2) is 28.5 Å². The maximum Gasteiger partial charge on any atom is 0.259 e. The van der Waals surface area contributed by atoms with Crippen molar-refractivity contribution in [1.29, 1.82) is 0 Å². The molecule has 1 amide bonds. The Morgan fingerprint density at radius 2 is 2.25 bits per heavy atom. The second kappa shape index (κ2) is 2.37. The molecule has 7 heteroatoms. The number of aliphatic imine (C=N–C) groups is 3. The van der Waals surface area contributed by atoms with Gasteiger partial charge in [-0.25, -0.2) is 9.98 Å². The smallest absolute Gasteiger partial charge is 0.259 e. The molecule has 0 saturated carbocycles. The molecule has 2 heterocycles. The van der Waals surface area contributed by atoms with Gasteiger partial charge in [-0.3, -0.25) is 10.1 Å². The Kier molecular flexibility index (Phi) is 1.47. The van der Waals surface area contributed by atoms with Crippen LogP contribution in [0, 0.1) is 0 Å². The summed E-state index contributed by atoms with van der Waals surface area (Å²) in [5.74, 6) is 0.103. The highest BCUT2D eigenvalue weighted by atomic mass is 79.9. The van der Waals surface area contributed by atoms with E-state index in [4.69, 9.17) is 5.73 Å². The lowest BCUT2D eigenvalue weighted by atomic mass is 10.2. The number of carbonyl (C=O) groups is 1. The number of hydrogen-bond donors (Lipinski definition) is 2. The van der Waals surface area contributed by atoms with Gasteiger partial charge in [0, 0.05) is 0 Å². The monoisotopic (exact) mass is 229 g/mol. The Morgan fingerprint density at radius 1 is 1.50 bits per heavy atom. The van der Waals surface area contributed by atoms with Crippen LogP contribution in [0.2, 0.25) is 0 Å². The predicted molar refractivity (Wildman–Crippen MR) is 47.4 cm³/mol. The fourth-order valence-electron chi connectivity index (χ4n) is 0.957. The second-order valence-corrected chi connectivity index (χ2v) is 2.97. The molecule has 0 radical (unpaired) electrons. The van der Waals surface area contributed by atoms with Crippen LogP contribution in [-0.2, 0) is 4.79 Å². The molecular formula is C5H4BrN5O. The van der Waals surface area contributed by atoms with Crippen LogP contribution in [0.3, 0.4) is 0 Å². The van der Waals surface area contributed by atoms with Crippen molar-refractivity contribution >= 4 is 38.4 Å². The number of carbonyl (C=O) groups excluding carboxylic acids is 1. The van der Waals surface area contributed by atoms with Crippen molar-refractivity contribution in [3.05, 3.63) is 0 Å². The van der Waals surface area contributed by atoms with E-state index in [1.54, 1.807) is 0 Å². The van der Waals surface area contributed by atoms with Crippen molar-refractivity contribution in [2.75, 3.05) is 0 Å². The third kappa shape index (κ3) is 1.02. The van der Waals surface area contributed by atoms with Gasteiger partial charge in [0.1, 0.15) is 0 Å². The lowest BCUT2D eigenvalue weighted by Gasteiger charge is -2.13. The molecular weight excluding hydrogens is 226 g/mol. The highest BCUT2D eigenvalue weighted by Crippen LogP contribution is 2.13. The fourth-order valence-corrected chi connectivity index (χ4v) is 1.34. The average molecular weight is 230 g/mol. The molecule has 62 valence electrons. The summed E-state index contributed by atoms with van der Waals surface area (Å²) in [6, 6.07) is -0.633. The molecule has 1 atom stereocenters. The van der Waals surface area contributed by atoms with Crippen LogP contribution in [0.25, 0.3) is 0 Å². The summed E-state index contributed by atoms with van der Waals surface area (Å²) in [4.78, 5) is 22.7. The predicted octanol–water partition coefficient (Wildman–Crippen LogP) is -1.04. The second-order valence-electron chi connectivity index (χ2n) is 2.26. The molecule has 1 unspecified atom stereocenters. The van der Waals surface area contributed by atoms with Crippen molar-refractivity contribution in [2.45, 2.75) is 6.04 Å². The van der Waals surface area contributed by atoms with Gasteiger partial charge >= 0.3 is 0 Å². The topological polar surface area (TPSA) is 92.2 Å². The van der Waals surface area contributed by atoms with Crippen molar-refractivity contribution < 1.29 is 4.79 Å². The summed E-state index contributed by atoms with van der Waals surface area (Å²) in [5.41, 5.74) is 5.30. The molecule has 2 aliphatic rings. The van der Waals surface area contributed by atoms with Crippen LogP contribution in [0.15, 0.2) is 15.0 Å². The molecule has 12 heavy (non-hydrogen) atoms. The Balaban J connectivity index is 2.43. The van der Waals surface area contributed by atoms with E-state index in [-0.39, 0.29) is 11.9 Å². The minimum Gasteiger partial charge on any atom is -0.369 e. The van der Waals surface area contributed by atoms with Gasteiger partial charge in [-0.15, -0.1) is 0 Å². The number of nitrogens with two attached hydrogens (primary N) is 1. The number of amidine groups is 2.